The van der Waals surface area contributed by atoms with E-state index in [-0.39, 0.29) is 6.03 Å². The third-order valence-electron chi connectivity index (χ3n) is 4.19. The van der Waals surface area contributed by atoms with Crippen LogP contribution in [0, 0.1) is 6.92 Å². The van der Waals surface area contributed by atoms with E-state index in [9.17, 15) is 4.79 Å². The van der Waals surface area contributed by atoms with Gasteiger partial charge in [0.2, 0.25) is 0 Å². The molecular weight excluding hydrogens is 304 g/mol. The molecule has 128 valence electrons. The van der Waals surface area contributed by atoms with Crippen molar-refractivity contribution in [3.8, 4) is 0 Å². The number of amides is 2. The van der Waals surface area contributed by atoms with Crippen molar-refractivity contribution in [2.75, 3.05) is 23.3 Å². The zero-order valence-corrected chi connectivity index (χ0v) is 14.2. The Kier molecular flexibility index (Phi) is 4.98. The van der Waals surface area contributed by atoms with Gasteiger partial charge in [0.15, 0.2) is 0 Å². The maximum Gasteiger partial charge on any atom is 0.320 e. The second-order valence-corrected chi connectivity index (χ2v) is 6.17. The van der Waals surface area contributed by atoms with Crippen molar-refractivity contribution in [1.82, 2.24) is 20.1 Å². The van der Waals surface area contributed by atoms with E-state index < -0.39 is 0 Å². The average molecular weight is 328 g/mol. The van der Waals surface area contributed by atoms with Crippen molar-refractivity contribution in [3.05, 3.63) is 35.7 Å². The number of hydrogen-bond acceptors (Lipinski definition) is 4. The highest BCUT2D eigenvalue weighted by molar-refractivity contribution is 5.88. The number of anilines is 2. The molecule has 2 amide bonds. The molecule has 3 heterocycles. The monoisotopic (exact) mass is 328 g/mol. The second-order valence-electron chi connectivity index (χ2n) is 6.17. The van der Waals surface area contributed by atoms with Crippen LogP contribution in [-0.4, -0.2) is 33.9 Å². The fourth-order valence-corrected chi connectivity index (χ4v) is 2.94. The molecule has 0 aromatic carbocycles. The molecule has 0 aliphatic carbocycles. The third kappa shape index (κ3) is 4.04. The number of carbonyl (C=O) groups excluding carboxylic acids is 1. The van der Waals surface area contributed by atoms with E-state index in [2.05, 4.69) is 31.7 Å². The molecule has 2 aromatic rings. The van der Waals surface area contributed by atoms with Gasteiger partial charge in [0.25, 0.3) is 0 Å². The standard InChI is InChI=1S/C17H24N6O/c1-13-10-16(22(2)21-13)20-17(24)19-12-14-6-7-18-15(11-14)23-8-4-3-5-9-23/h6-7,10-11H,3-5,8-9,12H2,1-2H3,(H2,19,20,24). The molecule has 0 radical (unpaired) electrons. The van der Waals surface area contributed by atoms with Gasteiger partial charge in [0.1, 0.15) is 11.6 Å². The Morgan fingerprint density at radius 3 is 2.75 bits per heavy atom. The maximum absolute atomic E-state index is 12.0. The number of carbonyl (C=O) groups is 1. The smallest absolute Gasteiger partial charge is 0.320 e. The topological polar surface area (TPSA) is 75.1 Å². The second kappa shape index (κ2) is 7.33. The van der Waals surface area contributed by atoms with E-state index >= 15 is 0 Å². The van der Waals surface area contributed by atoms with Crippen LogP contribution in [0.25, 0.3) is 0 Å². The van der Waals surface area contributed by atoms with E-state index in [0.717, 1.165) is 30.2 Å². The number of aromatic nitrogens is 3. The lowest BCUT2D eigenvalue weighted by Crippen LogP contribution is -2.31. The van der Waals surface area contributed by atoms with E-state index in [1.165, 1.54) is 19.3 Å². The minimum atomic E-state index is -0.241. The van der Waals surface area contributed by atoms with Crippen LogP contribution in [-0.2, 0) is 13.6 Å². The summed E-state index contributed by atoms with van der Waals surface area (Å²) >= 11 is 0. The summed E-state index contributed by atoms with van der Waals surface area (Å²) in [5.74, 6) is 1.67. The molecule has 0 spiro atoms. The number of pyridine rings is 1. The van der Waals surface area contributed by atoms with Crippen molar-refractivity contribution in [2.45, 2.75) is 32.7 Å². The van der Waals surface area contributed by atoms with E-state index in [1.807, 2.05) is 25.3 Å². The molecule has 1 aliphatic rings. The van der Waals surface area contributed by atoms with Gasteiger partial charge in [0, 0.05) is 38.9 Å². The van der Waals surface area contributed by atoms with Gasteiger partial charge in [-0.3, -0.25) is 10.00 Å². The lowest BCUT2D eigenvalue weighted by molar-refractivity contribution is 0.251. The Morgan fingerprint density at radius 1 is 1.25 bits per heavy atom. The van der Waals surface area contributed by atoms with Gasteiger partial charge in [-0.05, 0) is 43.9 Å². The van der Waals surface area contributed by atoms with Gasteiger partial charge in [-0.15, -0.1) is 0 Å². The quantitative estimate of drug-likeness (QED) is 0.904. The minimum Gasteiger partial charge on any atom is -0.357 e. The lowest BCUT2D eigenvalue weighted by atomic mass is 10.1. The molecule has 7 heteroatoms. The van der Waals surface area contributed by atoms with Crippen LogP contribution in [0.5, 0.6) is 0 Å². The summed E-state index contributed by atoms with van der Waals surface area (Å²) in [5.41, 5.74) is 1.91. The van der Waals surface area contributed by atoms with Crippen LogP contribution in [0.15, 0.2) is 24.4 Å². The SMILES string of the molecule is Cc1cc(NC(=O)NCc2ccnc(N3CCCCC3)c2)n(C)n1. The fourth-order valence-electron chi connectivity index (χ4n) is 2.94. The Balaban J connectivity index is 1.56. The van der Waals surface area contributed by atoms with Gasteiger partial charge < -0.3 is 10.2 Å². The summed E-state index contributed by atoms with van der Waals surface area (Å²) in [4.78, 5) is 18.8. The average Bonchev–Trinajstić information content (AvgIpc) is 2.91. The van der Waals surface area contributed by atoms with Crippen molar-refractivity contribution >= 4 is 17.7 Å². The number of urea groups is 1. The van der Waals surface area contributed by atoms with E-state index in [4.69, 9.17) is 0 Å². The molecule has 0 saturated carbocycles. The molecule has 3 rings (SSSR count). The van der Waals surface area contributed by atoms with Crippen LogP contribution < -0.4 is 15.5 Å². The Hall–Kier alpha value is -2.57. The van der Waals surface area contributed by atoms with Crippen molar-refractivity contribution in [3.63, 3.8) is 0 Å². The highest BCUT2D eigenvalue weighted by atomic mass is 16.2. The van der Waals surface area contributed by atoms with Crippen LogP contribution in [0.1, 0.15) is 30.5 Å². The molecule has 24 heavy (non-hydrogen) atoms. The van der Waals surface area contributed by atoms with Gasteiger partial charge in [-0.25, -0.2) is 9.78 Å². The minimum absolute atomic E-state index is 0.241. The number of aryl methyl sites for hydroxylation is 2. The number of hydrogen-bond donors (Lipinski definition) is 2. The predicted octanol–water partition coefficient (Wildman–Crippen LogP) is 2.44. The van der Waals surface area contributed by atoms with Gasteiger partial charge >= 0.3 is 6.03 Å². The van der Waals surface area contributed by atoms with Crippen LogP contribution in [0.3, 0.4) is 0 Å². The van der Waals surface area contributed by atoms with Crippen molar-refractivity contribution in [2.24, 2.45) is 7.05 Å². The van der Waals surface area contributed by atoms with Crippen molar-refractivity contribution < 1.29 is 4.79 Å². The molecule has 7 nitrogen and oxygen atoms in total. The normalized spacial score (nSPS) is 14.5. The summed E-state index contributed by atoms with van der Waals surface area (Å²) in [6.07, 6.45) is 5.54. The van der Waals surface area contributed by atoms with Gasteiger partial charge in [0.05, 0.1) is 5.69 Å². The molecule has 1 saturated heterocycles. The van der Waals surface area contributed by atoms with Crippen LogP contribution in [0.2, 0.25) is 0 Å². The van der Waals surface area contributed by atoms with Crippen LogP contribution in [0.4, 0.5) is 16.4 Å². The summed E-state index contributed by atoms with van der Waals surface area (Å²) in [5, 5.41) is 9.89. The first-order valence-corrected chi connectivity index (χ1v) is 8.37. The number of nitrogens with one attached hydrogen (secondary N) is 2. The highest BCUT2D eigenvalue weighted by Crippen LogP contribution is 2.18. The first-order chi connectivity index (χ1) is 11.6. The predicted molar refractivity (Wildman–Crippen MR) is 94.1 cm³/mol. The Morgan fingerprint density at radius 2 is 2.04 bits per heavy atom. The lowest BCUT2D eigenvalue weighted by Gasteiger charge is -2.27. The first kappa shape index (κ1) is 16.3. The zero-order valence-electron chi connectivity index (χ0n) is 14.2. The highest BCUT2D eigenvalue weighted by Gasteiger charge is 2.12. The Bertz CT molecular complexity index is 705. The summed E-state index contributed by atoms with van der Waals surface area (Å²) in [7, 11) is 1.80. The molecule has 0 bridgehead atoms. The number of rotatable bonds is 4. The molecule has 2 aromatic heterocycles. The zero-order chi connectivity index (χ0) is 16.9. The third-order valence-corrected chi connectivity index (χ3v) is 4.19. The van der Waals surface area contributed by atoms with E-state index in [1.54, 1.807) is 11.7 Å². The number of piperidine rings is 1. The van der Waals surface area contributed by atoms with Gasteiger partial charge in [-0.2, -0.15) is 5.10 Å². The van der Waals surface area contributed by atoms with E-state index in [0.29, 0.717) is 12.4 Å². The van der Waals surface area contributed by atoms with Gasteiger partial charge in [-0.1, -0.05) is 0 Å². The molecular formula is C17H24N6O. The van der Waals surface area contributed by atoms with Crippen molar-refractivity contribution in [1.29, 1.82) is 0 Å². The summed E-state index contributed by atoms with van der Waals surface area (Å²) in [6.45, 7) is 4.47. The molecule has 1 fully saturated rings. The summed E-state index contributed by atoms with van der Waals surface area (Å²) in [6, 6.07) is 5.58. The Labute approximate surface area is 142 Å². The van der Waals surface area contributed by atoms with Crippen LogP contribution >= 0.6 is 0 Å². The molecule has 0 unspecified atom stereocenters. The maximum atomic E-state index is 12.0. The molecule has 2 N–H and O–H groups in total. The first-order valence-electron chi connectivity index (χ1n) is 8.37. The fraction of sp³-hybridized carbons (Fsp3) is 0.471. The summed E-state index contributed by atoms with van der Waals surface area (Å²) < 4.78 is 1.65. The number of nitrogens with zero attached hydrogens (tertiary/aromatic N) is 4. The molecule has 0 atom stereocenters. The largest absolute Gasteiger partial charge is 0.357 e. The molecule has 1 aliphatic heterocycles.